The Morgan fingerprint density at radius 1 is 0.853 bits per heavy atom. The van der Waals surface area contributed by atoms with Crippen LogP contribution in [0.15, 0.2) is 59.5 Å². The van der Waals surface area contributed by atoms with Gasteiger partial charge in [0.15, 0.2) is 0 Å². The molecule has 0 saturated heterocycles. The minimum atomic E-state index is 0.510. The predicted octanol–water partition coefficient (Wildman–Crippen LogP) is 7.44. The first-order chi connectivity index (χ1) is 16.7. The molecule has 2 atom stereocenters. The fourth-order valence-corrected chi connectivity index (χ4v) is 7.26. The Morgan fingerprint density at radius 3 is 2.59 bits per heavy atom. The van der Waals surface area contributed by atoms with Gasteiger partial charge in [0.25, 0.3) is 0 Å². The minimum absolute atomic E-state index is 0.510. The third-order valence-electron chi connectivity index (χ3n) is 7.83. The van der Waals surface area contributed by atoms with Crippen LogP contribution in [0, 0.1) is 6.92 Å². The summed E-state index contributed by atoms with van der Waals surface area (Å²) in [7, 11) is 0. The molecule has 1 heterocycles. The van der Waals surface area contributed by atoms with Gasteiger partial charge in [0.2, 0.25) is 0 Å². The van der Waals surface area contributed by atoms with Crippen molar-refractivity contribution < 1.29 is 0 Å². The zero-order valence-electron chi connectivity index (χ0n) is 20.4. The maximum absolute atomic E-state index is 2.53. The second kappa shape index (κ2) is 9.27. The smallest absolute Gasteiger partial charge is 0.0387 e. The fraction of sp³-hybridized carbons (Fsp3) is 0.333. The molecule has 0 nitrogen and oxygen atoms in total. The summed E-state index contributed by atoms with van der Waals surface area (Å²) in [5.74, 6) is 0.510. The number of benzene rings is 3. The van der Waals surface area contributed by atoms with Crippen molar-refractivity contribution in [2.45, 2.75) is 74.9 Å². The van der Waals surface area contributed by atoms with Gasteiger partial charge in [-0.1, -0.05) is 98.5 Å². The Bertz CT molecular complexity index is 1370. The van der Waals surface area contributed by atoms with Gasteiger partial charge in [0.05, 0.1) is 0 Å². The summed E-state index contributed by atoms with van der Waals surface area (Å²) in [6.07, 6.45) is 16.3. The van der Waals surface area contributed by atoms with Crippen molar-refractivity contribution in [2.75, 3.05) is 0 Å². The molecule has 2 unspecified atom stereocenters. The van der Waals surface area contributed by atoms with Crippen LogP contribution < -0.4 is 10.4 Å². The molecule has 0 spiro atoms. The second-order valence-electron chi connectivity index (χ2n) is 10.3. The molecule has 0 saturated carbocycles. The van der Waals surface area contributed by atoms with E-state index in [1.807, 2.05) is 0 Å². The molecular formula is C33H34S. The van der Waals surface area contributed by atoms with Gasteiger partial charge < -0.3 is 0 Å². The molecule has 0 N–H and O–H groups in total. The van der Waals surface area contributed by atoms with Gasteiger partial charge in [-0.2, -0.15) is 0 Å². The molecule has 34 heavy (non-hydrogen) atoms. The molecule has 2 aliphatic carbocycles. The first-order valence-corrected chi connectivity index (χ1v) is 14.0. The Hall–Kier alpha value is -2.51. The van der Waals surface area contributed by atoms with Crippen molar-refractivity contribution in [1.29, 1.82) is 0 Å². The van der Waals surface area contributed by atoms with E-state index in [4.69, 9.17) is 0 Å². The molecule has 0 amide bonds. The number of unbranched alkanes of at least 4 members (excludes halogenated alkanes) is 3. The van der Waals surface area contributed by atoms with Crippen molar-refractivity contribution >= 4 is 35.6 Å². The number of thioether (sulfide) groups is 1. The highest BCUT2D eigenvalue weighted by Gasteiger charge is 2.33. The number of rotatable bonds is 6. The first-order valence-electron chi connectivity index (χ1n) is 13.1. The van der Waals surface area contributed by atoms with Gasteiger partial charge in [-0.25, -0.2) is 0 Å². The quantitative estimate of drug-likeness (QED) is 0.343. The summed E-state index contributed by atoms with van der Waals surface area (Å²) < 4.78 is 0. The lowest BCUT2D eigenvalue weighted by Gasteiger charge is -2.20. The highest BCUT2D eigenvalue weighted by molar-refractivity contribution is 8.00. The van der Waals surface area contributed by atoms with Crippen molar-refractivity contribution in [3.63, 3.8) is 0 Å². The zero-order valence-corrected chi connectivity index (χ0v) is 21.3. The van der Waals surface area contributed by atoms with E-state index in [-0.39, 0.29) is 0 Å². The van der Waals surface area contributed by atoms with Crippen LogP contribution in [0.4, 0.5) is 0 Å². The summed E-state index contributed by atoms with van der Waals surface area (Å²) in [6.45, 7) is 4.47. The van der Waals surface area contributed by atoms with Crippen molar-refractivity contribution in [3.05, 3.63) is 98.4 Å². The van der Waals surface area contributed by atoms with Crippen molar-refractivity contribution in [3.8, 4) is 0 Å². The maximum atomic E-state index is 2.53. The number of aryl methyl sites for hydroxylation is 3. The summed E-state index contributed by atoms with van der Waals surface area (Å²) in [6, 6.07) is 21.3. The van der Waals surface area contributed by atoms with Gasteiger partial charge >= 0.3 is 0 Å². The van der Waals surface area contributed by atoms with Gasteiger partial charge in [-0.05, 0) is 82.5 Å². The van der Waals surface area contributed by atoms with E-state index in [1.165, 1.54) is 80.8 Å². The molecule has 0 radical (unpaired) electrons. The lowest BCUT2D eigenvalue weighted by Crippen LogP contribution is -2.32. The Labute approximate surface area is 208 Å². The van der Waals surface area contributed by atoms with E-state index >= 15 is 0 Å². The topological polar surface area (TPSA) is 0 Å². The highest BCUT2D eigenvalue weighted by atomic mass is 32.2. The summed E-state index contributed by atoms with van der Waals surface area (Å²) in [5, 5.41) is 3.33. The monoisotopic (exact) mass is 462 g/mol. The lowest BCUT2D eigenvalue weighted by molar-refractivity contribution is 0.667. The Balaban J connectivity index is 1.24. The van der Waals surface area contributed by atoms with Crippen LogP contribution in [0.25, 0.3) is 23.8 Å². The molecule has 0 aromatic heterocycles. The molecule has 3 aromatic rings. The number of hydrogen-bond acceptors (Lipinski definition) is 1. The molecule has 0 fully saturated rings. The normalized spacial score (nSPS) is 19.8. The standard InChI is InChI=1S/C33H34S/c1-3-4-5-6-7-23-9-12-24(13-10-23)25-14-15-27-19-31-30-18-26-11-8-22(2)16-28(26)20-32(30)34-33(31)21-29(27)17-25/h8-13,16-21,30,32H,3-7,14-15H2,1-2H3. The molecule has 6 rings (SSSR count). The SMILES string of the molecule is CCCCCCc1ccc(C2=Cc3cc4c(cc3CC2)C2C=c3ccc(C)cc3=CC2S4)cc1. The average Bonchev–Trinajstić information content (AvgIpc) is 3.20. The van der Waals surface area contributed by atoms with E-state index in [9.17, 15) is 0 Å². The predicted molar refractivity (Wildman–Crippen MR) is 149 cm³/mol. The van der Waals surface area contributed by atoms with Crippen LogP contribution in [0.2, 0.25) is 0 Å². The van der Waals surface area contributed by atoms with E-state index < -0.39 is 0 Å². The van der Waals surface area contributed by atoms with Crippen molar-refractivity contribution in [1.82, 2.24) is 0 Å². The van der Waals surface area contributed by atoms with Crippen LogP contribution in [0.3, 0.4) is 0 Å². The summed E-state index contributed by atoms with van der Waals surface area (Å²) in [4.78, 5) is 1.48. The minimum Gasteiger partial charge on any atom is -0.117 e. The van der Waals surface area contributed by atoms with E-state index in [0.717, 1.165) is 12.8 Å². The molecule has 172 valence electrons. The second-order valence-corrected chi connectivity index (χ2v) is 11.6. The molecule has 1 aliphatic heterocycles. The number of hydrogen-bond donors (Lipinski definition) is 0. The summed E-state index contributed by atoms with van der Waals surface area (Å²) >= 11 is 2.06. The fourth-order valence-electron chi connectivity index (χ4n) is 5.85. The van der Waals surface area contributed by atoms with Crippen LogP contribution in [0.1, 0.15) is 78.3 Å². The first kappa shape index (κ1) is 22.0. The third-order valence-corrected chi connectivity index (χ3v) is 9.14. The number of allylic oxidation sites excluding steroid dienone is 1. The number of fused-ring (bicyclic) bond motifs is 5. The molecule has 3 aromatic carbocycles. The molecule has 0 bridgehead atoms. The van der Waals surface area contributed by atoms with E-state index in [1.54, 1.807) is 5.56 Å². The largest absolute Gasteiger partial charge is 0.117 e. The lowest BCUT2D eigenvalue weighted by atomic mass is 9.84. The molecule has 3 aliphatic rings. The molecule has 1 heteroatoms. The van der Waals surface area contributed by atoms with Crippen LogP contribution in [0.5, 0.6) is 0 Å². The molecular weight excluding hydrogens is 428 g/mol. The van der Waals surface area contributed by atoms with Crippen molar-refractivity contribution in [2.24, 2.45) is 0 Å². The van der Waals surface area contributed by atoms with Crippen LogP contribution >= 0.6 is 11.8 Å². The Kier molecular flexibility index (Phi) is 5.99. The Morgan fingerprint density at radius 2 is 1.74 bits per heavy atom. The van der Waals surface area contributed by atoms with E-state index in [2.05, 4.69) is 98.4 Å². The zero-order chi connectivity index (χ0) is 23.1. The van der Waals surface area contributed by atoms with Gasteiger partial charge in [-0.3, -0.25) is 0 Å². The third kappa shape index (κ3) is 4.20. The van der Waals surface area contributed by atoms with Crippen LogP contribution in [-0.4, -0.2) is 5.25 Å². The van der Waals surface area contributed by atoms with Crippen LogP contribution in [-0.2, 0) is 12.8 Å². The maximum Gasteiger partial charge on any atom is 0.0387 e. The highest BCUT2D eigenvalue weighted by Crippen LogP contribution is 2.49. The van der Waals surface area contributed by atoms with E-state index in [0.29, 0.717) is 11.2 Å². The van der Waals surface area contributed by atoms with Gasteiger partial charge in [0.1, 0.15) is 0 Å². The average molecular weight is 463 g/mol. The van der Waals surface area contributed by atoms with Gasteiger partial charge in [-0.15, -0.1) is 11.8 Å². The summed E-state index contributed by atoms with van der Waals surface area (Å²) in [5.41, 5.74) is 10.2. The van der Waals surface area contributed by atoms with Gasteiger partial charge in [0, 0.05) is 16.1 Å².